The lowest BCUT2D eigenvalue weighted by molar-refractivity contribution is -0.123. The minimum Gasteiger partial charge on any atom is -0.493 e. The van der Waals surface area contributed by atoms with Crippen molar-refractivity contribution in [3.8, 4) is 11.5 Å². The molecule has 0 bridgehead atoms. The van der Waals surface area contributed by atoms with E-state index in [0.717, 1.165) is 4.47 Å². The van der Waals surface area contributed by atoms with E-state index in [1.165, 1.54) is 7.11 Å². The first-order chi connectivity index (χ1) is 12.1. The van der Waals surface area contributed by atoms with Crippen molar-refractivity contribution in [2.75, 3.05) is 26.8 Å². The average Bonchev–Trinajstić information content (AvgIpc) is 2.64. The summed E-state index contributed by atoms with van der Waals surface area (Å²) in [5.74, 6) is 0.608. The van der Waals surface area contributed by atoms with E-state index in [-0.39, 0.29) is 18.4 Å². The predicted molar refractivity (Wildman–Crippen MR) is 98.0 cm³/mol. The SMILES string of the molecule is COc1ccccc1OCC(=O)NCCNC(=O)c1ccc(Br)cc1. The van der Waals surface area contributed by atoms with Crippen LogP contribution in [0.2, 0.25) is 0 Å². The van der Waals surface area contributed by atoms with Gasteiger partial charge in [-0.3, -0.25) is 9.59 Å². The highest BCUT2D eigenvalue weighted by Gasteiger charge is 2.07. The Balaban J connectivity index is 1.67. The number of methoxy groups -OCH3 is 1. The third kappa shape index (κ3) is 6.11. The maximum atomic E-state index is 11.9. The van der Waals surface area contributed by atoms with Crippen molar-refractivity contribution in [2.45, 2.75) is 0 Å². The molecule has 0 spiro atoms. The maximum Gasteiger partial charge on any atom is 0.258 e. The molecule has 132 valence electrons. The molecule has 0 saturated carbocycles. The summed E-state index contributed by atoms with van der Waals surface area (Å²) in [6.07, 6.45) is 0. The lowest BCUT2D eigenvalue weighted by atomic mass is 10.2. The van der Waals surface area contributed by atoms with Gasteiger partial charge >= 0.3 is 0 Å². The molecule has 2 amide bonds. The van der Waals surface area contributed by atoms with Gasteiger partial charge < -0.3 is 20.1 Å². The quantitative estimate of drug-likeness (QED) is 0.659. The number of hydrogen-bond acceptors (Lipinski definition) is 4. The second-order valence-corrected chi connectivity index (χ2v) is 5.97. The minimum absolute atomic E-state index is 0.124. The highest BCUT2D eigenvalue weighted by Crippen LogP contribution is 2.25. The first kappa shape index (κ1) is 18.8. The summed E-state index contributed by atoms with van der Waals surface area (Å²) in [4.78, 5) is 23.7. The highest BCUT2D eigenvalue weighted by molar-refractivity contribution is 9.10. The van der Waals surface area contributed by atoms with Crippen LogP contribution in [-0.4, -0.2) is 38.6 Å². The molecule has 25 heavy (non-hydrogen) atoms. The number of para-hydroxylation sites is 2. The number of ether oxygens (including phenoxy) is 2. The zero-order valence-corrected chi connectivity index (χ0v) is 15.3. The van der Waals surface area contributed by atoms with Crippen molar-refractivity contribution in [1.82, 2.24) is 10.6 Å². The summed E-state index contributed by atoms with van der Waals surface area (Å²) in [6, 6.07) is 14.1. The molecular formula is C18H19BrN2O4. The third-order valence-corrected chi connectivity index (χ3v) is 3.80. The van der Waals surface area contributed by atoms with Crippen LogP contribution in [0, 0.1) is 0 Å². The summed E-state index contributed by atoms with van der Waals surface area (Å²) in [5.41, 5.74) is 0.564. The van der Waals surface area contributed by atoms with E-state index in [9.17, 15) is 9.59 Å². The van der Waals surface area contributed by atoms with E-state index >= 15 is 0 Å². The van der Waals surface area contributed by atoms with Gasteiger partial charge in [-0.05, 0) is 36.4 Å². The molecule has 6 nitrogen and oxygen atoms in total. The first-order valence-electron chi connectivity index (χ1n) is 7.66. The fourth-order valence-corrected chi connectivity index (χ4v) is 2.28. The molecule has 0 saturated heterocycles. The second-order valence-electron chi connectivity index (χ2n) is 5.05. The lowest BCUT2D eigenvalue weighted by Gasteiger charge is -2.11. The van der Waals surface area contributed by atoms with Gasteiger partial charge in [0.2, 0.25) is 0 Å². The molecule has 0 atom stereocenters. The van der Waals surface area contributed by atoms with Crippen molar-refractivity contribution in [3.05, 3.63) is 58.6 Å². The molecule has 2 aromatic rings. The topological polar surface area (TPSA) is 76.7 Å². The molecule has 7 heteroatoms. The zero-order chi connectivity index (χ0) is 18.1. The van der Waals surface area contributed by atoms with E-state index in [1.54, 1.807) is 42.5 Å². The van der Waals surface area contributed by atoms with Crippen molar-refractivity contribution < 1.29 is 19.1 Å². The molecule has 2 N–H and O–H groups in total. The van der Waals surface area contributed by atoms with Crippen LogP contribution in [0.15, 0.2) is 53.0 Å². The largest absolute Gasteiger partial charge is 0.493 e. The van der Waals surface area contributed by atoms with E-state index in [4.69, 9.17) is 9.47 Å². The summed E-state index contributed by atoms with van der Waals surface area (Å²) in [7, 11) is 1.54. The van der Waals surface area contributed by atoms with Crippen LogP contribution in [0.4, 0.5) is 0 Å². The lowest BCUT2D eigenvalue weighted by Crippen LogP contribution is -2.36. The van der Waals surface area contributed by atoms with Crippen LogP contribution in [0.1, 0.15) is 10.4 Å². The van der Waals surface area contributed by atoms with Crippen LogP contribution >= 0.6 is 15.9 Å². The third-order valence-electron chi connectivity index (χ3n) is 3.27. The van der Waals surface area contributed by atoms with Crippen molar-refractivity contribution in [2.24, 2.45) is 0 Å². The first-order valence-corrected chi connectivity index (χ1v) is 8.45. The van der Waals surface area contributed by atoms with Crippen LogP contribution in [0.25, 0.3) is 0 Å². The van der Waals surface area contributed by atoms with Crippen LogP contribution < -0.4 is 20.1 Å². The van der Waals surface area contributed by atoms with Gasteiger partial charge in [0.1, 0.15) is 0 Å². The zero-order valence-electron chi connectivity index (χ0n) is 13.8. The molecule has 0 aromatic heterocycles. The summed E-state index contributed by atoms with van der Waals surface area (Å²) in [5, 5.41) is 5.42. The van der Waals surface area contributed by atoms with Gasteiger partial charge in [-0.25, -0.2) is 0 Å². The molecular weight excluding hydrogens is 388 g/mol. The number of hydrogen-bond donors (Lipinski definition) is 2. The van der Waals surface area contributed by atoms with E-state index in [0.29, 0.717) is 30.2 Å². The Labute approximate surface area is 154 Å². The number of amides is 2. The van der Waals surface area contributed by atoms with Gasteiger partial charge in [-0.15, -0.1) is 0 Å². The number of rotatable bonds is 8. The summed E-state index contributed by atoms with van der Waals surface area (Å²) >= 11 is 3.32. The van der Waals surface area contributed by atoms with Crippen LogP contribution in [0.5, 0.6) is 11.5 Å². The molecule has 0 aliphatic rings. The Kier molecular flexibility index (Phi) is 7.28. The maximum absolute atomic E-state index is 11.9. The number of carbonyl (C=O) groups excluding carboxylic acids is 2. The van der Waals surface area contributed by atoms with Gasteiger partial charge in [-0.1, -0.05) is 28.1 Å². The fourth-order valence-electron chi connectivity index (χ4n) is 2.01. The monoisotopic (exact) mass is 406 g/mol. The van der Waals surface area contributed by atoms with Gasteiger partial charge in [-0.2, -0.15) is 0 Å². The molecule has 0 fully saturated rings. The Morgan fingerprint density at radius 3 is 2.28 bits per heavy atom. The van der Waals surface area contributed by atoms with Gasteiger partial charge in [0.25, 0.3) is 11.8 Å². The minimum atomic E-state index is -0.274. The fraction of sp³-hybridized carbons (Fsp3) is 0.222. The predicted octanol–water partition coefficient (Wildman–Crippen LogP) is 2.38. The smallest absolute Gasteiger partial charge is 0.258 e. The Morgan fingerprint density at radius 1 is 0.960 bits per heavy atom. The molecule has 2 rings (SSSR count). The Bertz CT molecular complexity index is 719. The summed E-state index contributed by atoms with van der Waals surface area (Å²) in [6.45, 7) is 0.521. The van der Waals surface area contributed by atoms with Crippen LogP contribution in [-0.2, 0) is 4.79 Å². The highest BCUT2D eigenvalue weighted by atomic mass is 79.9. The van der Waals surface area contributed by atoms with Crippen molar-refractivity contribution >= 4 is 27.7 Å². The van der Waals surface area contributed by atoms with Crippen molar-refractivity contribution in [1.29, 1.82) is 0 Å². The number of halogens is 1. The average molecular weight is 407 g/mol. The van der Waals surface area contributed by atoms with Crippen molar-refractivity contribution in [3.63, 3.8) is 0 Å². The molecule has 0 aliphatic carbocycles. The van der Waals surface area contributed by atoms with Gasteiger partial charge in [0.05, 0.1) is 7.11 Å². The molecule has 0 aliphatic heterocycles. The number of benzene rings is 2. The summed E-state index contributed by atoms with van der Waals surface area (Å²) < 4.78 is 11.5. The standard InChI is InChI=1S/C18H19BrN2O4/c1-24-15-4-2-3-5-16(15)25-12-17(22)20-10-11-21-18(23)13-6-8-14(19)9-7-13/h2-9H,10-12H2,1H3,(H,20,22)(H,21,23). The van der Waals surface area contributed by atoms with E-state index in [1.807, 2.05) is 6.07 Å². The van der Waals surface area contributed by atoms with Gasteiger partial charge in [0.15, 0.2) is 18.1 Å². The van der Waals surface area contributed by atoms with Crippen LogP contribution in [0.3, 0.4) is 0 Å². The second kappa shape index (κ2) is 9.68. The van der Waals surface area contributed by atoms with E-state index in [2.05, 4.69) is 26.6 Å². The molecule has 0 unspecified atom stereocenters. The molecule has 2 aromatic carbocycles. The number of carbonyl (C=O) groups is 2. The number of nitrogens with one attached hydrogen (secondary N) is 2. The Morgan fingerprint density at radius 2 is 1.60 bits per heavy atom. The van der Waals surface area contributed by atoms with Gasteiger partial charge in [0, 0.05) is 23.1 Å². The molecule has 0 heterocycles. The Hall–Kier alpha value is -2.54. The molecule has 0 radical (unpaired) electrons. The van der Waals surface area contributed by atoms with E-state index < -0.39 is 0 Å². The normalized spacial score (nSPS) is 10.0.